The Balaban J connectivity index is 1.54. The van der Waals surface area contributed by atoms with Gasteiger partial charge in [-0.25, -0.2) is 8.42 Å². The predicted molar refractivity (Wildman–Crippen MR) is 142 cm³/mol. The van der Waals surface area contributed by atoms with Crippen molar-refractivity contribution < 1.29 is 32.4 Å². The molecule has 0 radical (unpaired) electrons. The molecule has 1 aliphatic rings. The first kappa shape index (κ1) is 27.7. The maximum Gasteiger partial charge on any atom is 0.305 e. The van der Waals surface area contributed by atoms with E-state index in [1.54, 1.807) is 42.5 Å². The number of carbonyl (C=O) groups is 2. The van der Waals surface area contributed by atoms with Crippen LogP contribution in [0.1, 0.15) is 17.5 Å². The smallest absolute Gasteiger partial charge is 0.305 e. The molecular weight excluding hydrogens is 526 g/mol. The number of hydrogen-bond acceptors (Lipinski definition) is 8. The highest BCUT2D eigenvalue weighted by Crippen LogP contribution is 2.31. The van der Waals surface area contributed by atoms with Crippen LogP contribution in [-0.2, 0) is 37.2 Å². The molecule has 1 aliphatic heterocycles. The fraction of sp³-hybridized carbons (Fsp3) is 0.259. The summed E-state index contributed by atoms with van der Waals surface area (Å²) in [4.78, 5) is 35.1. The Bertz CT molecular complexity index is 1460. The molecule has 3 aromatic rings. The van der Waals surface area contributed by atoms with E-state index in [0.29, 0.717) is 24.5 Å². The van der Waals surface area contributed by atoms with E-state index >= 15 is 0 Å². The quantitative estimate of drug-likeness (QED) is 0.220. The molecule has 12 heteroatoms. The molecule has 0 aliphatic carbocycles. The number of non-ortho nitro benzene ring substituents is 1. The van der Waals surface area contributed by atoms with E-state index in [1.807, 2.05) is 6.07 Å². The fourth-order valence-corrected chi connectivity index (χ4v) is 5.45. The number of nitrogens with zero attached hydrogens (tertiary/aromatic N) is 1. The number of esters is 1. The number of rotatable bonds is 10. The zero-order valence-corrected chi connectivity index (χ0v) is 21.8. The normalized spacial score (nSPS) is 15.4. The van der Waals surface area contributed by atoms with Crippen LogP contribution in [-0.4, -0.2) is 45.0 Å². The Kier molecular flexibility index (Phi) is 8.57. The number of anilines is 1. The van der Waals surface area contributed by atoms with Crippen LogP contribution in [0.5, 0.6) is 5.75 Å². The van der Waals surface area contributed by atoms with Gasteiger partial charge < -0.3 is 14.8 Å². The van der Waals surface area contributed by atoms with Crippen LogP contribution in [0.4, 0.5) is 11.4 Å². The molecule has 39 heavy (non-hydrogen) atoms. The molecule has 0 fully saturated rings. The Hall–Kier alpha value is -4.29. The average molecular weight is 554 g/mol. The molecule has 2 N–H and O–H groups in total. The molecule has 0 unspecified atom stereocenters. The highest BCUT2D eigenvalue weighted by Gasteiger charge is 2.28. The predicted octanol–water partition coefficient (Wildman–Crippen LogP) is 3.24. The summed E-state index contributed by atoms with van der Waals surface area (Å²) in [5.41, 5.74) is 1.72. The van der Waals surface area contributed by atoms with E-state index in [-0.39, 0.29) is 35.3 Å². The summed E-state index contributed by atoms with van der Waals surface area (Å²) in [6.45, 7) is 0.372. The maximum atomic E-state index is 13.4. The lowest BCUT2D eigenvalue weighted by Gasteiger charge is -2.25. The molecule has 0 aromatic heterocycles. The minimum Gasteiger partial charge on any atom is -0.493 e. The zero-order chi connectivity index (χ0) is 28.0. The number of nitro benzene ring substituents is 1. The highest BCUT2D eigenvalue weighted by molar-refractivity contribution is 7.89. The summed E-state index contributed by atoms with van der Waals surface area (Å²) in [5, 5.41) is 13.7. The standard InChI is InChI=1S/C27H27N3O8S/c1-37-26(31)15-19-13-20-16-21(7-12-25(20)38-17-19)28-27(32)24(14-18-5-3-2-4-6-18)29-39(35,36)23-10-8-22(9-11-23)30(33)34/h2-12,16,19,24,29H,13-15,17H2,1H3,(H,28,32)/t19-,24-/m0/s1. The van der Waals surface area contributed by atoms with Crippen molar-refractivity contribution in [1.29, 1.82) is 0 Å². The largest absolute Gasteiger partial charge is 0.493 e. The van der Waals surface area contributed by atoms with E-state index in [1.165, 1.54) is 7.11 Å². The number of sulfonamides is 1. The summed E-state index contributed by atoms with van der Waals surface area (Å²) >= 11 is 0. The van der Waals surface area contributed by atoms with Crippen LogP contribution in [0, 0.1) is 16.0 Å². The van der Waals surface area contributed by atoms with E-state index in [0.717, 1.165) is 35.4 Å². The first-order valence-electron chi connectivity index (χ1n) is 12.1. The minimum absolute atomic E-state index is 0.0636. The molecular formula is C27H27N3O8S. The van der Waals surface area contributed by atoms with Crippen molar-refractivity contribution in [2.24, 2.45) is 5.92 Å². The van der Waals surface area contributed by atoms with Gasteiger partial charge >= 0.3 is 5.97 Å². The first-order chi connectivity index (χ1) is 18.6. The molecule has 0 bridgehead atoms. The van der Waals surface area contributed by atoms with Crippen molar-refractivity contribution in [3.8, 4) is 5.75 Å². The maximum absolute atomic E-state index is 13.4. The van der Waals surface area contributed by atoms with Crippen LogP contribution in [0.3, 0.4) is 0 Å². The molecule has 0 saturated heterocycles. The van der Waals surface area contributed by atoms with Gasteiger partial charge in [0.1, 0.15) is 11.8 Å². The molecule has 11 nitrogen and oxygen atoms in total. The van der Waals surface area contributed by atoms with Crippen molar-refractivity contribution in [2.75, 3.05) is 19.0 Å². The second-order valence-electron chi connectivity index (χ2n) is 9.09. The Morgan fingerprint density at radius 3 is 2.49 bits per heavy atom. The van der Waals surface area contributed by atoms with E-state index in [2.05, 4.69) is 10.0 Å². The van der Waals surface area contributed by atoms with Crippen molar-refractivity contribution in [2.45, 2.75) is 30.2 Å². The number of fused-ring (bicyclic) bond motifs is 1. The zero-order valence-electron chi connectivity index (χ0n) is 21.0. The van der Waals surface area contributed by atoms with Gasteiger partial charge in [0.2, 0.25) is 15.9 Å². The van der Waals surface area contributed by atoms with Gasteiger partial charge in [-0.1, -0.05) is 30.3 Å². The van der Waals surface area contributed by atoms with Crippen LogP contribution < -0.4 is 14.8 Å². The number of methoxy groups -OCH3 is 1. The summed E-state index contributed by atoms with van der Waals surface area (Å²) in [6, 6.07) is 17.2. The fourth-order valence-electron chi connectivity index (χ4n) is 4.25. The van der Waals surface area contributed by atoms with Gasteiger partial charge in [-0.3, -0.25) is 19.7 Å². The van der Waals surface area contributed by atoms with E-state index in [4.69, 9.17) is 9.47 Å². The molecule has 0 spiro atoms. The van der Waals surface area contributed by atoms with Gasteiger partial charge in [0.15, 0.2) is 0 Å². The molecule has 3 aromatic carbocycles. The Morgan fingerprint density at radius 2 is 1.82 bits per heavy atom. The summed E-state index contributed by atoms with van der Waals surface area (Å²) < 4.78 is 39.1. The molecule has 2 atom stereocenters. The van der Waals surface area contributed by atoms with Crippen LogP contribution in [0.2, 0.25) is 0 Å². The van der Waals surface area contributed by atoms with Crippen LogP contribution in [0.25, 0.3) is 0 Å². The summed E-state index contributed by atoms with van der Waals surface area (Å²) in [5.74, 6) is -0.350. The molecule has 1 heterocycles. The summed E-state index contributed by atoms with van der Waals surface area (Å²) in [6.07, 6.45) is 0.818. The third-order valence-corrected chi connectivity index (χ3v) is 7.74. The number of amides is 1. The molecule has 204 valence electrons. The number of nitro groups is 1. The third kappa shape index (κ3) is 7.18. The lowest BCUT2D eigenvalue weighted by molar-refractivity contribution is -0.384. The lowest BCUT2D eigenvalue weighted by Crippen LogP contribution is -2.45. The van der Waals surface area contributed by atoms with Crippen molar-refractivity contribution in [3.05, 3.63) is 94.0 Å². The van der Waals surface area contributed by atoms with Gasteiger partial charge in [0, 0.05) is 23.7 Å². The number of nitrogens with one attached hydrogen (secondary N) is 2. The van der Waals surface area contributed by atoms with Crippen LogP contribution >= 0.6 is 0 Å². The average Bonchev–Trinajstić information content (AvgIpc) is 2.93. The van der Waals surface area contributed by atoms with Gasteiger partial charge in [-0.2, -0.15) is 4.72 Å². The van der Waals surface area contributed by atoms with Crippen molar-refractivity contribution in [1.82, 2.24) is 4.72 Å². The van der Waals surface area contributed by atoms with Crippen LogP contribution in [0.15, 0.2) is 77.7 Å². The molecule has 4 rings (SSSR count). The van der Waals surface area contributed by atoms with E-state index in [9.17, 15) is 28.1 Å². The van der Waals surface area contributed by atoms with Gasteiger partial charge in [-0.15, -0.1) is 0 Å². The number of carbonyl (C=O) groups excluding carboxylic acids is 2. The summed E-state index contributed by atoms with van der Waals surface area (Å²) in [7, 11) is -2.86. The Morgan fingerprint density at radius 1 is 1.10 bits per heavy atom. The number of hydrogen-bond donors (Lipinski definition) is 2. The Labute approximate surface area is 225 Å². The lowest BCUT2D eigenvalue weighted by atomic mass is 9.93. The first-order valence-corrected chi connectivity index (χ1v) is 13.6. The third-order valence-electron chi connectivity index (χ3n) is 6.25. The van der Waals surface area contributed by atoms with Crippen molar-refractivity contribution >= 4 is 33.3 Å². The number of ether oxygens (including phenoxy) is 2. The second-order valence-corrected chi connectivity index (χ2v) is 10.8. The van der Waals surface area contributed by atoms with Gasteiger partial charge in [0.25, 0.3) is 5.69 Å². The minimum atomic E-state index is -4.19. The highest BCUT2D eigenvalue weighted by atomic mass is 32.2. The monoisotopic (exact) mass is 553 g/mol. The van der Waals surface area contributed by atoms with Gasteiger partial charge in [-0.05, 0) is 54.3 Å². The van der Waals surface area contributed by atoms with E-state index < -0.39 is 26.9 Å². The second kappa shape index (κ2) is 12.0. The van der Waals surface area contributed by atoms with Gasteiger partial charge in [0.05, 0.1) is 30.0 Å². The van der Waals surface area contributed by atoms with Crippen molar-refractivity contribution in [3.63, 3.8) is 0 Å². The topological polar surface area (TPSA) is 154 Å². The number of benzene rings is 3. The molecule has 1 amide bonds. The SMILES string of the molecule is COC(=O)C[C@H]1COc2ccc(NC(=O)[C@H](Cc3ccccc3)NS(=O)(=O)c3ccc([N+](=O)[O-])cc3)cc2C1. The molecule has 0 saturated carbocycles.